The summed E-state index contributed by atoms with van der Waals surface area (Å²) in [6.45, 7) is 1.07. The average molecular weight is 401 g/mol. The van der Waals surface area contributed by atoms with E-state index in [1.54, 1.807) is 36.4 Å². The third-order valence-corrected chi connectivity index (χ3v) is 4.36. The number of fused-ring (bicyclic) bond motifs is 1. The molecule has 0 aromatic heterocycles. The number of hydrogen-bond donors (Lipinski definition) is 2. The molecule has 7 heteroatoms. The Morgan fingerprint density at radius 2 is 1.70 bits per heavy atom. The minimum absolute atomic E-state index is 0.361. The fourth-order valence-corrected chi connectivity index (χ4v) is 2.75. The van der Waals surface area contributed by atoms with E-state index in [4.69, 9.17) is 10.00 Å². The predicted molar refractivity (Wildman–Crippen MR) is 112 cm³/mol. The van der Waals surface area contributed by atoms with Gasteiger partial charge in [0.2, 0.25) is 0 Å². The summed E-state index contributed by atoms with van der Waals surface area (Å²) in [6, 6.07) is 21.2. The molecule has 0 aliphatic rings. The molecule has 0 unspecified atom stereocenters. The first-order valence-electron chi connectivity index (χ1n) is 9.24. The number of nitrogens with one attached hydrogen (secondary N) is 2. The molecule has 0 aliphatic heterocycles. The third-order valence-electron chi connectivity index (χ3n) is 4.36. The fourth-order valence-electron chi connectivity index (χ4n) is 2.75. The molecule has 3 aromatic rings. The summed E-state index contributed by atoms with van der Waals surface area (Å²) in [5.74, 6) is -1.66. The summed E-state index contributed by atoms with van der Waals surface area (Å²) in [5, 5.41) is 15.8. The first kappa shape index (κ1) is 20.6. The number of esters is 1. The number of amides is 2. The molecule has 3 aromatic carbocycles. The van der Waals surface area contributed by atoms with E-state index in [1.165, 1.54) is 6.92 Å². The van der Waals surface area contributed by atoms with Crippen LogP contribution in [0.4, 0.5) is 5.69 Å². The number of hydrogen-bond acceptors (Lipinski definition) is 5. The molecular formula is C23H19N3O4. The van der Waals surface area contributed by atoms with E-state index in [1.807, 2.05) is 36.4 Å². The molecule has 30 heavy (non-hydrogen) atoms. The van der Waals surface area contributed by atoms with Crippen molar-refractivity contribution in [3.05, 3.63) is 77.9 Å². The molecule has 0 bridgehead atoms. The highest BCUT2D eigenvalue weighted by Gasteiger charge is 2.18. The van der Waals surface area contributed by atoms with Crippen LogP contribution in [0.3, 0.4) is 0 Å². The maximum Gasteiger partial charge on any atom is 0.326 e. The number of nitriles is 1. The van der Waals surface area contributed by atoms with Crippen molar-refractivity contribution in [3.8, 4) is 6.07 Å². The van der Waals surface area contributed by atoms with E-state index in [0.717, 1.165) is 10.8 Å². The van der Waals surface area contributed by atoms with Crippen molar-refractivity contribution in [2.24, 2.45) is 0 Å². The first-order chi connectivity index (χ1) is 14.5. The van der Waals surface area contributed by atoms with Crippen molar-refractivity contribution in [2.75, 3.05) is 11.9 Å². The maximum atomic E-state index is 12.3. The first-order valence-corrected chi connectivity index (χ1v) is 9.24. The molecule has 1 atom stereocenters. The minimum Gasteiger partial charge on any atom is -0.451 e. The molecule has 2 N–H and O–H groups in total. The zero-order valence-corrected chi connectivity index (χ0v) is 16.2. The van der Waals surface area contributed by atoms with Gasteiger partial charge in [0.25, 0.3) is 11.8 Å². The Morgan fingerprint density at radius 3 is 2.40 bits per heavy atom. The van der Waals surface area contributed by atoms with Crippen LogP contribution >= 0.6 is 0 Å². The Hall–Kier alpha value is -4.18. The number of rotatable bonds is 6. The summed E-state index contributed by atoms with van der Waals surface area (Å²) in [6.07, 6.45) is -1.05. The van der Waals surface area contributed by atoms with Gasteiger partial charge in [0, 0.05) is 11.3 Å². The van der Waals surface area contributed by atoms with Crippen LogP contribution in [0, 0.1) is 11.3 Å². The lowest BCUT2D eigenvalue weighted by molar-refractivity contribution is -0.152. The number of ether oxygens (including phenoxy) is 1. The van der Waals surface area contributed by atoms with E-state index in [9.17, 15) is 14.4 Å². The number of anilines is 1. The SMILES string of the molecule is C[C@H](OC(=O)CNC(=O)c1ccc2ccccc2c1)C(=O)Nc1ccc(C#N)cc1. The van der Waals surface area contributed by atoms with Crippen molar-refractivity contribution in [2.45, 2.75) is 13.0 Å². The van der Waals surface area contributed by atoms with E-state index >= 15 is 0 Å². The highest BCUT2D eigenvalue weighted by atomic mass is 16.5. The second kappa shape index (κ2) is 9.34. The molecule has 3 rings (SSSR count). The van der Waals surface area contributed by atoms with Gasteiger partial charge < -0.3 is 15.4 Å². The van der Waals surface area contributed by atoms with Crippen LogP contribution in [-0.4, -0.2) is 30.4 Å². The number of carbonyl (C=O) groups is 3. The maximum absolute atomic E-state index is 12.3. The normalized spacial score (nSPS) is 11.2. The van der Waals surface area contributed by atoms with Crippen molar-refractivity contribution in [1.82, 2.24) is 5.32 Å². The summed E-state index contributed by atoms with van der Waals surface area (Å²) in [7, 11) is 0. The fraction of sp³-hybridized carbons (Fsp3) is 0.130. The van der Waals surface area contributed by atoms with E-state index in [-0.39, 0.29) is 6.54 Å². The van der Waals surface area contributed by atoms with Gasteiger partial charge >= 0.3 is 5.97 Å². The lowest BCUT2D eigenvalue weighted by Gasteiger charge is -2.14. The Bertz CT molecular complexity index is 1130. The molecule has 2 amide bonds. The Balaban J connectivity index is 1.49. The number of carbonyl (C=O) groups excluding carboxylic acids is 3. The zero-order valence-electron chi connectivity index (χ0n) is 16.2. The lowest BCUT2D eigenvalue weighted by Crippen LogP contribution is -2.35. The van der Waals surface area contributed by atoms with Gasteiger partial charge in [-0.1, -0.05) is 30.3 Å². The van der Waals surface area contributed by atoms with Gasteiger partial charge in [0.05, 0.1) is 11.6 Å². The van der Waals surface area contributed by atoms with E-state index in [0.29, 0.717) is 16.8 Å². The highest BCUT2D eigenvalue weighted by molar-refractivity contribution is 6.00. The van der Waals surface area contributed by atoms with Crippen LogP contribution in [0.1, 0.15) is 22.8 Å². The second-order valence-electron chi connectivity index (χ2n) is 6.56. The Morgan fingerprint density at radius 1 is 1.00 bits per heavy atom. The van der Waals surface area contributed by atoms with Crippen LogP contribution in [0.2, 0.25) is 0 Å². The topological polar surface area (TPSA) is 108 Å². The van der Waals surface area contributed by atoms with Gasteiger partial charge in [-0.15, -0.1) is 0 Å². The number of nitrogens with zero attached hydrogens (tertiary/aromatic N) is 1. The molecule has 0 saturated carbocycles. The summed E-state index contributed by atoms with van der Waals surface area (Å²) in [5.41, 5.74) is 1.37. The summed E-state index contributed by atoms with van der Waals surface area (Å²) < 4.78 is 5.07. The zero-order chi connectivity index (χ0) is 21.5. The molecule has 0 radical (unpaired) electrons. The molecule has 0 aliphatic carbocycles. The van der Waals surface area contributed by atoms with Gasteiger partial charge in [0.15, 0.2) is 6.10 Å². The van der Waals surface area contributed by atoms with Gasteiger partial charge in [-0.3, -0.25) is 14.4 Å². The van der Waals surface area contributed by atoms with Crippen LogP contribution in [-0.2, 0) is 14.3 Å². The highest BCUT2D eigenvalue weighted by Crippen LogP contribution is 2.15. The summed E-state index contributed by atoms with van der Waals surface area (Å²) >= 11 is 0. The molecule has 150 valence electrons. The van der Waals surface area contributed by atoms with Gasteiger partial charge in [-0.2, -0.15) is 5.26 Å². The predicted octanol–water partition coefficient (Wildman–Crippen LogP) is 3.01. The largest absolute Gasteiger partial charge is 0.451 e. The lowest BCUT2D eigenvalue weighted by atomic mass is 10.1. The van der Waals surface area contributed by atoms with Crippen LogP contribution < -0.4 is 10.6 Å². The van der Waals surface area contributed by atoms with Crippen LogP contribution in [0.15, 0.2) is 66.7 Å². The Kier molecular flexibility index (Phi) is 6.40. The van der Waals surface area contributed by atoms with Crippen molar-refractivity contribution >= 4 is 34.2 Å². The quantitative estimate of drug-likeness (QED) is 0.617. The van der Waals surface area contributed by atoms with Crippen LogP contribution in [0.5, 0.6) is 0 Å². The smallest absolute Gasteiger partial charge is 0.326 e. The van der Waals surface area contributed by atoms with E-state index < -0.39 is 23.9 Å². The molecule has 0 spiro atoms. The minimum atomic E-state index is -1.05. The van der Waals surface area contributed by atoms with Crippen molar-refractivity contribution in [1.29, 1.82) is 5.26 Å². The van der Waals surface area contributed by atoms with E-state index in [2.05, 4.69) is 10.6 Å². The van der Waals surface area contributed by atoms with Crippen molar-refractivity contribution < 1.29 is 19.1 Å². The average Bonchev–Trinajstić information content (AvgIpc) is 2.77. The van der Waals surface area contributed by atoms with Crippen molar-refractivity contribution in [3.63, 3.8) is 0 Å². The second-order valence-corrected chi connectivity index (χ2v) is 6.56. The molecule has 7 nitrogen and oxygen atoms in total. The van der Waals surface area contributed by atoms with Gasteiger partial charge in [0.1, 0.15) is 6.54 Å². The molecular weight excluding hydrogens is 382 g/mol. The molecule has 0 fully saturated rings. The Labute approximate surface area is 173 Å². The van der Waals surface area contributed by atoms with Gasteiger partial charge in [-0.05, 0) is 54.1 Å². The third kappa shape index (κ3) is 5.20. The van der Waals surface area contributed by atoms with Gasteiger partial charge in [-0.25, -0.2) is 0 Å². The monoisotopic (exact) mass is 401 g/mol. The standard InChI is InChI=1S/C23H19N3O4/c1-15(22(28)26-20-10-6-16(13-24)7-11-20)30-21(27)14-25-23(29)19-9-8-17-4-2-3-5-18(17)12-19/h2-12,15H,14H2,1H3,(H,25,29)(H,26,28)/t15-/m0/s1. The van der Waals surface area contributed by atoms with Crippen LogP contribution in [0.25, 0.3) is 10.8 Å². The summed E-state index contributed by atoms with van der Waals surface area (Å²) in [4.78, 5) is 36.4. The molecule has 0 heterocycles. The number of benzene rings is 3. The molecule has 0 saturated heterocycles.